The summed E-state index contributed by atoms with van der Waals surface area (Å²) in [5.74, 6) is -0.771. The van der Waals surface area contributed by atoms with Gasteiger partial charge in [0.2, 0.25) is 0 Å². The summed E-state index contributed by atoms with van der Waals surface area (Å²) in [5.41, 5.74) is 3.79. The SMILES string of the molecule is COC(=O)[C@H](Cc1ccc(C)c(C)c1)NC(=O)c1cccc(Br)c1. The Morgan fingerprint density at radius 2 is 1.88 bits per heavy atom. The highest BCUT2D eigenvalue weighted by Gasteiger charge is 2.22. The van der Waals surface area contributed by atoms with E-state index in [1.165, 1.54) is 12.7 Å². The van der Waals surface area contributed by atoms with Gasteiger partial charge in [-0.25, -0.2) is 4.79 Å². The number of halogens is 1. The van der Waals surface area contributed by atoms with Crippen LogP contribution in [-0.4, -0.2) is 25.0 Å². The lowest BCUT2D eigenvalue weighted by Gasteiger charge is -2.17. The predicted octanol–water partition coefficient (Wildman–Crippen LogP) is 3.58. The van der Waals surface area contributed by atoms with Crippen molar-refractivity contribution in [1.29, 1.82) is 0 Å². The van der Waals surface area contributed by atoms with Gasteiger partial charge >= 0.3 is 5.97 Å². The maximum Gasteiger partial charge on any atom is 0.328 e. The van der Waals surface area contributed by atoms with Crippen molar-refractivity contribution >= 4 is 27.8 Å². The molecule has 2 aromatic rings. The van der Waals surface area contributed by atoms with Gasteiger partial charge < -0.3 is 10.1 Å². The molecule has 0 unspecified atom stereocenters. The van der Waals surface area contributed by atoms with Gasteiger partial charge in [-0.05, 0) is 48.7 Å². The zero-order valence-corrected chi connectivity index (χ0v) is 15.5. The first-order valence-electron chi connectivity index (χ1n) is 7.61. The third-order valence-corrected chi connectivity index (χ3v) is 4.38. The average molecular weight is 390 g/mol. The number of hydrogen-bond acceptors (Lipinski definition) is 3. The van der Waals surface area contributed by atoms with Crippen LogP contribution in [0.3, 0.4) is 0 Å². The van der Waals surface area contributed by atoms with E-state index < -0.39 is 12.0 Å². The summed E-state index contributed by atoms with van der Waals surface area (Å²) in [5, 5.41) is 2.76. The van der Waals surface area contributed by atoms with Crippen LogP contribution in [0.4, 0.5) is 0 Å². The molecule has 0 bridgehead atoms. The minimum absolute atomic E-state index is 0.310. The lowest BCUT2D eigenvalue weighted by molar-refractivity contribution is -0.142. The molecule has 2 aromatic carbocycles. The quantitative estimate of drug-likeness (QED) is 0.795. The Kier molecular flexibility index (Phi) is 6.15. The van der Waals surface area contributed by atoms with Gasteiger partial charge in [-0.15, -0.1) is 0 Å². The molecule has 0 fully saturated rings. The van der Waals surface area contributed by atoms with Crippen LogP contribution in [0.5, 0.6) is 0 Å². The van der Waals surface area contributed by atoms with E-state index in [-0.39, 0.29) is 5.91 Å². The summed E-state index contributed by atoms with van der Waals surface area (Å²) in [6.45, 7) is 4.05. The minimum Gasteiger partial charge on any atom is -0.467 e. The number of benzene rings is 2. The highest BCUT2D eigenvalue weighted by Crippen LogP contribution is 2.14. The molecule has 1 atom stereocenters. The Balaban J connectivity index is 2.17. The molecule has 0 aliphatic heterocycles. The summed E-state index contributed by atoms with van der Waals surface area (Å²) in [6.07, 6.45) is 0.382. The molecule has 4 nitrogen and oxygen atoms in total. The van der Waals surface area contributed by atoms with Crippen molar-refractivity contribution in [3.8, 4) is 0 Å². The second-order valence-electron chi connectivity index (χ2n) is 5.68. The number of hydrogen-bond donors (Lipinski definition) is 1. The van der Waals surface area contributed by atoms with Gasteiger partial charge in [0, 0.05) is 16.5 Å². The molecule has 126 valence electrons. The Morgan fingerprint density at radius 1 is 1.12 bits per heavy atom. The topological polar surface area (TPSA) is 55.4 Å². The molecule has 0 saturated carbocycles. The minimum atomic E-state index is -0.733. The molecule has 0 saturated heterocycles. The van der Waals surface area contributed by atoms with Gasteiger partial charge in [0.15, 0.2) is 0 Å². The maximum absolute atomic E-state index is 12.4. The predicted molar refractivity (Wildman–Crippen MR) is 97.0 cm³/mol. The molecular formula is C19H20BrNO3. The van der Waals surface area contributed by atoms with Crippen molar-refractivity contribution in [2.24, 2.45) is 0 Å². The second kappa shape index (κ2) is 8.11. The molecule has 0 aliphatic rings. The molecule has 1 N–H and O–H groups in total. The van der Waals surface area contributed by atoms with Crippen molar-refractivity contribution in [2.45, 2.75) is 26.3 Å². The molecule has 0 heterocycles. The lowest BCUT2D eigenvalue weighted by Crippen LogP contribution is -2.43. The van der Waals surface area contributed by atoms with Crippen molar-refractivity contribution in [1.82, 2.24) is 5.32 Å². The van der Waals surface area contributed by atoms with Crippen LogP contribution >= 0.6 is 15.9 Å². The van der Waals surface area contributed by atoms with Crippen LogP contribution in [0.25, 0.3) is 0 Å². The molecule has 24 heavy (non-hydrogen) atoms. The third-order valence-electron chi connectivity index (χ3n) is 3.89. The van der Waals surface area contributed by atoms with Crippen LogP contribution in [0.15, 0.2) is 46.9 Å². The molecule has 0 aromatic heterocycles. The summed E-state index contributed by atoms with van der Waals surface area (Å²) in [7, 11) is 1.32. The number of carbonyl (C=O) groups excluding carboxylic acids is 2. The summed E-state index contributed by atoms with van der Waals surface area (Å²) >= 11 is 3.34. The third kappa shape index (κ3) is 4.68. The van der Waals surface area contributed by atoms with Gasteiger partial charge in [0.05, 0.1) is 7.11 Å². The number of rotatable bonds is 5. The largest absolute Gasteiger partial charge is 0.467 e. The van der Waals surface area contributed by atoms with E-state index in [1.54, 1.807) is 18.2 Å². The van der Waals surface area contributed by atoms with E-state index in [1.807, 2.05) is 38.1 Å². The van der Waals surface area contributed by atoms with Crippen LogP contribution < -0.4 is 5.32 Å². The van der Waals surface area contributed by atoms with Crippen LogP contribution in [0, 0.1) is 13.8 Å². The van der Waals surface area contributed by atoms with Gasteiger partial charge in [-0.2, -0.15) is 0 Å². The van der Waals surface area contributed by atoms with Crippen molar-refractivity contribution < 1.29 is 14.3 Å². The monoisotopic (exact) mass is 389 g/mol. The van der Waals surface area contributed by atoms with Gasteiger partial charge in [0.25, 0.3) is 5.91 Å². The Labute approximate surface area is 150 Å². The van der Waals surface area contributed by atoms with Gasteiger partial charge in [0.1, 0.15) is 6.04 Å². The fourth-order valence-corrected chi connectivity index (χ4v) is 2.77. The average Bonchev–Trinajstić information content (AvgIpc) is 2.56. The van der Waals surface area contributed by atoms with Crippen molar-refractivity contribution in [3.05, 3.63) is 69.2 Å². The molecule has 0 aliphatic carbocycles. The van der Waals surface area contributed by atoms with Crippen LogP contribution in [-0.2, 0) is 16.0 Å². The van der Waals surface area contributed by atoms with E-state index >= 15 is 0 Å². The first-order valence-corrected chi connectivity index (χ1v) is 8.40. The fourth-order valence-electron chi connectivity index (χ4n) is 2.37. The van der Waals surface area contributed by atoms with Crippen molar-refractivity contribution in [2.75, 3.05) is 7.11 Å². The van der Waals surface area contributed by atoms with E-state index in [4.69, 9.17) is 4.74 Å². The zero-order valence-electron chi connectivity index (χ0n) is 13.9. The molecule has 0 spiro atoms. The fraction of sp³-hybridized carbons (Fsp3) is 0.263. The molecule has 1 amide bonds. The number of methoxy groups -OCH3 is 1. The van der Waals surface area contributed by atoms with E-state index in [0.717, 1.165) is 15.6 Å². The van der Waals surface area contributed by atoms with Gasteiger partial charge in [-0.1, -0.05) is 40.2 Å². The van der Waals surface area contributed by atoms with Crippen molar-refractivity contribution in [3.63, 3.8) is 0 Å². The van der Waals surface area contributed by atoms with Crippen LogP contribution in [0.1, 0.15) is 27.0 Å². The smallest absolute Gasteiger partial charge is 0.328 e. The second-order valence-corrected chi connectivity index (χ2v) is 6.60. The van der Waals surface area contributed by atoms with E-state index in [9.17, 15) is 9.59 Å². The summed E-state index contributed by atoms with van der Waals surface area (Å²) in [4.78, 5) is 24.5. The molecular weight excluding hydrogens is 370 g/mol. The Hall–Kier alpha value is -2.14. The lowest BCUT2D eigenvalue weighted by atomic mass is 10.0. The number of carbonyl (C=O) groups is 2. The highest BCUT2D eigenvalue weighted by molar-refractivity contribution is 9.10. The molecule has 2 rings (SSSR count). The summed E-state index contributed by atoms with van der Waals surface area (Å²) < 4.78 is 5.64. The Bertz CT molecular complexity index is 758. The highest BCUT2D eigenvalue weighted by atomic mass is 79.9. The first kappa shape index (κ1) is 18.2. The number of aryl methyl sites for hydroxylation is 2. The number of nitrogens with one attached hydrogen (secondary N) is 1. The number of ether oxygens (including phenoxy) is 1. The molecule has 0 radical (unpaired) electrons. The number of amides is 1. The van der Waals surface area contributed by atoms with Crippen LogP contribution in [0.2, 0.25) is 0 Å². The summed E-state index contributed by atoms with van der Waals surface area (Å²) in [6, 6.07) is 12.3. The Morgan fingerprint density at radius 3 is 2.50 bits per heavy atom. The van der Waals surface area contributed by atoms with E-state index in [0.29, 0.717) is 12.0 Å². The zero-order chi connectivity index (χ0) is 17.7. The number of esters is 1. The first-order chi connectivity index (χ1) is 11.4. The van der Waals surface area contributed by atoms with Gasteiger partial charge in [-0.3, -0.25) is 4.79 Å². The molecule has 5 heteroatoms. The normalized spacial score (nSPS) is 11.7. The maximum atomic E-state index is 12.4. The standard InChI is InChI=1S/C19H20BrNO3/c1-12-7-8-14(9-13(12)2)10-17(19(23)24-3)21-18(22)15-5-4-6-16(20)11-15/h4-9,11,17H,10H2,1-3H3,(H,21,22)/t17-/m0/s1. The van der Waals surface area contributed by atoms with E-state index in [2.05, 4.69) is 21.2 Å².